The first-order valence-corrected chi connectivity index (χ1v) is 5.58. The highest BCUT2D eigenvalue weighted by Gasteiger charge is 2.25. The molecule has 1 fully saturated rings. The van der Waals surface area contributed by atoms with Gasteiger partial charge in [0.1, 0.15) is 0 Å². The van der Waals surface area contributed by atoms with Crippen LogP contribution in [0.5, 0.6) is 0 Å². The quantitative estimate of drug-likeness (QED) is 0.452. The lowest BCUT2D eigenvalue weighted by Gasteiger charge is -2.36. The Kier molecular flexibility index (Phi) is 3.34. The van der Waals surface area contributed by atoms with Gasteiger partial charge < -0.3 is 0 Å². The highest BCUT2D eigenvalue weighted by Crippen LogP contribution is 2.22. The number of hydrogen-bond acceptors (Lipinski definition) is 2. The van der Waals surface area contributed by atoms with Crippen molar-refractivity contribution in [3.8, 4) is 0 Å². The van der Waals surface area contributed by atoms with Crippen LogP contribution in [-0.4, -0.2) is 24.0 Å². The zero-order chi connectivity index (χ0) is 11.5. The van der Waals surface area contributed by atoms with Gasteiger partial charge in [0.25, 0.3) is 0 Å². The summed E-state index contributed by atoms with van der Waals surface area (Å²) in [6.07, 6.45) is 0. The van der Waals surface area contributed by atoms with Gasteiger partial charge in [-0.2, -0.15) is 0 Å². The standard InChI is InChI=1S/C11H13ClN4/c1-8-2-3-9(11(12)4-8)5-16-6-10(7-16)14-15-13/h2-4,10H,5-7H2,1H3. The Morgan fingerprint density at radius 2 is 2.31 bits per heavy atom. The maximum atomic E-state index is 8.27. The van der Waals surface area contributed by atoms with E-state index < -0.39 is 0 Å². The summed E-state index contributed by atoms with van der Waals surface area (Å²) in [6, 6.07) is 6.22. The van der Waals surface area contributed by atoms with Gasteiger partial charge in [-0.1, -0.05) is 28.8 Å². The lowest BCUT2D eigenvalue weighted by atomic mass is 10.1. The summed E-state index contributed by atoms with van der Waals surface area (Å²) in [4.78, 5) is 5.02. The van der Waals surface area contributed by atoms with E-state index in [0.717, 1.165) is 30.2 Å². The van der Waals surface area contributed by atoms with Crippen molar-refractivity contribution in [2.45, 2.75) is 19.5 Å². The van der Waals surface area contributed by atoms with Crippen LogP contribution in [0.4, 0.5) is 0 Å². The molecule has 2 rings (SSSR count). The second kappa shape index (κ2) is 4.74. The van der Waals surface area contributed by atoms with Crippen LogP contribution in [-0.2, 0) is 6.54 Å². The molecule has 0 aromatic heterocycles. The molecule has 4 nitrogen and oxygen atoms in total. The number of rotatable bonds is 3. The third-order valence-electron chi connectivity index (χ3n) is 2.76. The number of aryl methyl sites for hydroxylation is 1. The molecule has 1 saturated heterocycles. The molecule has 5 heteroatoms. The van der Waals surface area contributed by atoms with Gasteiger partial charge >= 0.3 is 0 Å². The molecule has 0 unspecified atom stereocenters. The average Bonchev–Trinajstić information content (AvgIpc) is 2.18. The molecule has 1 aliphatic rings. The third-order valence-corrected chi connectivity index (χ3v) is 3.11. The SMILES string of the molecule is Cc1ccc(CN2CC(N=[N+]=[N-])C2)c(Cl)c1. The van der Waals surface area contributed by atoms with E-state index in [1.54, 1.807) is 0 Å². The highest BCUT2D eigenvalue weighted by molar-refractivity contribution is 6.31. The highest BCUT2D eigenvalue weighted by atomic mass is 35.5. The maximum absolute atomic E-state index is 8.27. The molecule has 84 valence electrons. The van der Waals surface area contributed by atoms with Gasteiger partial charge in [-0.3, -0.25) is 4.90 Å². The fourth-order valence-corrected chi connectivity index (χ4v) is 2.13. The largest absolute Gasteiger partial charge is 0.298 e. The molecular weight excluding hydrogens is 224 g/mol. The summed E-state index contributed by atoms with van der Waals surface area (Å²) in [5.74, 6) is 0. The molecule has 0 amide bonds. The van der Waals surface area contributed by atoms with E-state index in [0.29, 0.717) is 0 Å². The van der Waals surface area contributed by atoms with Gasteiger partial charge in [0.15, 0.2) is 0 Å². The van der Waals surface area contributed by atoms with Crippen LogP contribution in [0.2, 0.25) is 5.02 Å². The van der Waals surface area contributed by atoms with Crippen LogP contribution in [0.3, 0.4) is 0 Å². The molecule has 0 aliphatic carbocycles. The summed E-state index contributed by atoms with van der Waals surface area (Å²) in [5, 5.41) is 4.48. The first kappa shape index (κ1) is 11.3. The van der Waals surface area contributed by atoms with Crippen LogP contribution < -0.4 is 0 Å². The summed E-state index contributed by atoms with van der Waals surface area (Å²) in [7, 11) is 0. The smallest absolute Gasteiger partial charge is 0.0628 e. The molecule has 0 atom stereocenters. The Bertz CT molecular complexity index is 434. The van der Waals surface area contributed by atoms with Crippen LogP contribution in [0, 0.1) is 6.92 Å². The van der Waals surface area contributed by atoms with Crippen molar-refractivity contribution >= 4 is 11.6 Å². The van der Waals surface area contributed by atoms with E-state index in [1.165, 1.54) is 5.56 Å². The van der Waals surface area contributed by atoms with Gasteiger partial charge in [0.05, 0.1) is 6.04 Å². The monoisotopic (exact) mass is 236 g/mol. The Hall–Kier alpha value is -1.22. The fourth-order valence-electron chi connectivity index (χ4n) is 1.84. The second-order valence-electron chi connectivity index (χ2n) is 4.15. The molecule has 0 bridgehead atoms. The number of nitrogens with zero attached hydrogens (tertiary/aromatic N) is 4. The van der Waals surface area contributed by atoms with E-state index in [4.69, 9.17) is 17.1 Å². The van der Waals surface area contributed by atoms with E-state index in [9.17, 15) is 0 Å². The minimum absolute atomic E-state index is 0.134. The Morgan fingerprint density at radius 3 is 2.94 bits per heavy atom. The predicted octanol–water partition coefficient (Wildman–Crippen LogP) is 3.14. The van der Waals surface area contributed by atoms with Crippen molar-refractivity contribution in [1.29, 1.82) is 0 Å². The number of likely N-dealkylation sites (tertiary alicyclic amines) is 1. The number of azide groups is 1. The topological polar surface area (TPSA) is 52.0 Å². The number of halogens is 1. The minimum atomic E-state index is 0.134. The maximum Gasteiger partial charge on any atom is 0.0628 e. The van der Waals surface area contributed by atoms with Crippen molar-refractivity contribution in [3.05, 3.63) is 44.8 Å². The summed E-state index contributed by atoms with van der Waals surface area (Å²) >= 11 is 6.14. The van der Waals surface area contributed by atoms with Crippen molar-refractivity contribution in [1.82, 2.24) is 4.90 Å². The molecule has 1 aromatic carbocycles. The van der Waals surface area contributed by atoms with E-state index in [-0.39, 0.29) is 6.04 Å². The second-order valence-corrected chi connectivity index (χ2v) is 4.55. The van der Waals surface area contributed by atoms with E-state index in [1.807, 2.05) is 13.0 Å². The van der Waals surface area contributed by atoms with Crippen LogP contribution in [0.1, 0.15) is 11.1 Å². The van der Waals surface area contributed by atoms with Crippen molar-refractivity contribution < 1.29 is 0 Å². The zero-order valence-corrected chi connectivity index (χ0v) is 9.85. The first-order valence-electron chi connectivity index (χ1n) is 5.20. The fraction of sp³-hybridized carbons (Fsp3) is 0.455. The number of benzene rings is 1. The van der Waals surface area contributed by atoms with Gasteiger partial charge in [-0.05, 0) is 29.6 Å². The molecule has 1 heterocycles. The molecule has 0 radical (unpaired) electrons. The predicted molar refractivity (Wildman–Crippen MR) is 64.4 cm³/mol. The Labute approximate surface area is 99.4 Å². The van der Waals surface area contributed by atoms with Gasteiger partial charge in [-0.15, -0.1) is 0 Å². The minimum Gasteiger partial charge on any atom is -0.298 e. The average molecular weight is 237 g/mol. The molecule has 0 saturated carbocycles. The first-order chi connectivity index (χ1) is 7.69. The Balaban J connectivity index is 1.94. The van der Waals surface area contributed by atoms with Crippen LogP contribution in [0.25, 0.3) is 10.4 Å². The van der Waals surface area contributed by atoms with Crippen LogP contribution >= 0.6 is 11.6 Å². The third kappa shape index (κ3) is 2.47. The molecule has 16 heavy (non-hydrogen) atoms. The molecule has 0 spiro atoms. The van der Waals surface area contributed by atoms with Gasteiger partial charge in [0, 0.05) is 29.6 Å². The van der Waals surface area contributed by atoms with E-state index >= 15 is 0 Å². The molecular formula is C11H13ClN4. The van der Waals surface area contributed by atoms with Gasteiger partial charge in [0.2, 0.25) is 0 Å². The summed E-state index contributed by atoms with van der Waals surface area (Å²) in [6.45, 7) is 4.51. The lowest BCUT2D eigenvalue weighted by Crippen LogP contribution is -2.48. The number of hydrogen-bond donors (Lipinski definition) is 0. The molecule has 1 aromatic rings. The summed E-state index contributed by atoms with van der Waals surface area (Å²) in [5.41, 5.74) is 10.6. The molecule has 0 N–H and O–H groups in total. The summed E-state index contributed by atoms with van der Waals surface area (Å²) < 4.78 is 0. The van der Waals surface area contributed by atoms with E-state index in [2.05, 4.69) is 27.1 Å². The normalized spacial score (nSPS) is 16.6. The van der Waals surface area contributed by atoms with Crippen molar-refractivity contribution in [3.63, 3.8) is 0 Å². The Morgan fingerprint density at radius 1 is 1.56 bits per heavy atom. The van der Waals surface area contributed by atoms with Gasteiger partial charge in [-0.25, -0.2) is 0 Å². The lowest BCUT2D eigenvalue weighted by molar-refractivity contribution is 0.142. The molecule has 1 aliphatic heterocycles. The van der Waals surface area contributed by atoms with Crippen molar-refractivity contribution in [2.24, 2.45) is 5.11 Å². The van der Waals surface area contributed by atoms with Crippen LogP contribution in [0.15, 0.2) is 23.3 Å². The van der Waals surface area contributed by atoms with Crippen molar-refractivity contribution in [2.75, 3.05) is 13.1 Å². The zero-order valence-electron chi connectivity index (χ0n) is 9.10.